The average Bonchev–Trinajstić information content (AvgIpc) is 3.09. The number of nitrogens with zero attached hydrogens (tertiary/aromatic N) is 3. The number of piperazine rings is 1. The molecule has 0 saturated carbocycles. The van der Waals surface area contributed by atoms with E-state index in [-0.39, 0.29) is 5.82 Å². The monoisotopic (exact) mass is 341 g/mol. The van der Waals surface area contributed by atoms with Crippen molar-refractivity contribution in [2.24, 2.45) is 0 Å². The SMILES string of the molecule is O=S(=O)(N1CCCC1)N1CCN(CCc2cccc(F)c2)CC1. The maximum absolute atomic E-state index is 13.2. The largest absolute Gasteiger partial charge is 0.300 e. The van der Waals surface area contributed by atoms with Crippen molar-refractivity contribution in [1.29, 1.82) is 0 Å². The highest BCUT2D eigenvalue weighted by Crippen LogP contribution is 2.18. The van der Waals surface area contributed by atoms with Crippen molar-refractivity contribution in [3.05, 3.63) is 35.6 Å². The Morgan fingerprint density at radius 1 is 0.957 bits per heavy atom. The predicted molar refractivity (Wildman–Crippen MR) is 87.8 cm³/mol. The lowest BCUT2D eigenvalue weighted by atomic mass is 10.1. The molecule has 0 spiro atoms. The molecule has 0 unspecified atom stereocenters. The Labute approximate surface area is 137 Å². The van der Waals surface area contributed by atoms with Crippen LogP contribution in [0.4, 0.5) is 4.39 Å². The summed E-state index contributed by atoms with van der Waals surface area (Å²) >= 11 is 0. The van der Waals surface area contributed by atoms with Crippen molar-refractivity contribution in [1.82, 2.24) is 13.5 Å². The van der Waals surface area contributed by atoms with Gasteiger partial charge in [-0.2, -0.15) is 17.0 Å². The number of rotatable bonds is 5. The molecule has 2 fully saturated rings. The Kier molecular flexibility index (Phi) is 5.31. The summed E-state index contributed by atoms with van der Waals surface area (Å²) in [5.41, 5.74) is 0.983. The molecular formula is C16H24FN3O2S. The van der Waals surface area contributed by atoms with Crippen molar-refractivity contribution in [3.8, 4) is 0 Å². The molecule has 128 valence electrons. The normalized spacial score (nSPS) is 21.8. The number of hydrogen-bond donors (Lipinski definition) is 0. The van der Waals surface area contributed by atoms with Gasteiger partial charge in [-0.3, -0.25) is 0 Å². The molecular weight excluding hydrogens is 317 g/mol. The molecule has 2 aliphatic rings. The molecule has 2 heterocycles. The Balaban J connectivity index is 1.48. The molecule has 7 heteroatoms. The summed E-state index contributed by atoms with van der Waals surface area (Å²) in [5.74, 6) is -0.205. The molecule has 5 nitrogen and oxygen atoms in total. The molecule has 0 N–H and O–H groups in total. The van der Waals surface area contributed by atoms with E-state index in [0.29, 0.717) is 26.2 Å². The highest BCUT2D eigenvalue weighted by Gasteiger charge is 2.33. The van der Waals surface area contributed by atoms with Crippen LogP contribution in [0.1, 0.15) is 18.4 Å². The fourth-order valence-electron chi connectivity index (χ4n) is 3.25. The second-order valence-corrected chi connectivity index (χ2v) is 8.16. The van der Waals surface area contributed by atoms with E-state index in [2.05, 4.69) is 4.90 Å². The van der Waals surface area contributed by atoms with Crippen LogP contribution in [0.15, 0.2) is 24.3 Å². The van der Waals surface area contributed by atoms with Crippen LogP contribution < -0.4 is 0 Å². The molecule has 0 amide bonds. The first-order chi connectivity index (χ1) is 11.1. The standard InChI is InChI=1S/C16H24FN3O2S/c17-16-5-3-4-15(14-16)6-9-18-10-12-20(13-11-18)23(21,22)19-7-1-2-8-19/h3-5,14H,1-2,6-13H2. The fraction of sp³-hybridized carbons (Fsp3) is 0.625. The van der Waals surface area contributed by atoms with Crippen molar-refractivity contribution < 1.29 is 12.8 Å². The van der Waals surface area contributed by atoms with Gasteiger partial charge in [0.05, 0.1) is 0 Å². The van der Waals surface area contributed by atoms with Crippen LogP contribution in [-0.4, -0.2) is 67.7 Å². The van der Waals surface area contributed by atoms with Gasteiger partial charge in [0.2, 0.25) is 0 Å². The molecule has 1 aromatic rings. The second kappa shape index (κ2) is 7.25. The minimum absolute atomic E-state index is 0.205. The third-order valence-corrected chi connectivity index (χ3v) is 6.69. The van der Waals surface area contributed by atoms with Crippen LogP contribution in [-0.2, 0) is 16.6 Å². The molecule has 2 aliphatic heterocycles. The lowest BCUT2D eigenvalue weighted by molar-refractivity contribution is 0.184. The van der Waals surface area contributed by atoms with Gasteiger partial charge in [-0.1, -0.05) is 12.1 Å². The van der Waals surface area contributed by atoms with Crippen molar-refractivity contribution in [2.75, 3.05) is 45.8 Å². The smallest absolute Gasteiger partial charge is 0.282 e. The van der Waals surface area contributed by atoms with Crippen LogP contribution in [0.25, 0.3) is 0 Å². The molecule has 1 aromatic carbocycles. The summed E-state index contributed by atoms with van der Waals surface area (Å²) in [6, 6.07) is 6.67. The van der Waals surface area contributed by atoms with E-state index >= 15 is 0 Å². The first kappa shape index (κ1) is 16.8. The van der Waals surface area contributed by atoms with Crippen LogP contribution in [0, 0.1) is 5.82 Å². The topological polar surface area (TPSA) is 43.9 Å². The van der Waals surface area contributed by atoms with Gasteiger partial charge in [-0.25, -0.2) is 4.39 Å². The van der Waals surface area contributed by atoms with Crippen molar-refractivity contribution in [3.63, 3.8) is 0 Å². The first-order valence-electron chi connectivity index (χ1n) is 8.28. The van der Waals surface area contributed by atoms with E-state index in [4.69, 9.17) is 0 Å². The molecule has 0 aromatic heterocycles. The molecule has 23 heavy (non-hydrogen) atoms. The van der Waals surface area contributed by atoms with E-state index in [1.54, 1.807) is 20.7 Å². The third-order valence-electron chi connectivity index (χ3n) is 4.65. The molecule has 0 bridgehead atoms. The Hall–Kier alpha value is -1.02. The van der Waals surface area contributed by atoms with E-state index < -0.39 is 10.2 Å². The maximum atomic E-state index is 13.2. The molecule has 0 atom stereocenters. The van der Waals surface area contributed by atoms with Crippen molar-refractivity contribution in [2.45, 2.75) is 19.3 Å². The van der Waals surface area contributed by atoms with Gasteiger partial charge >= 0.3 is 0 Å². The summed E-state index contributed by atoms with van der Waals surface area (Å²) in [6.07, 6.45) is 2.72. The third kappa shape index (κ3) is 4.09. The lowest BCUT2D eigenvalue weighted by Gasteiger charge is -2.35. The van der Waals surface area contributed by atoms with Gasteiger partial charge in [0.15, 0.2) is 0 Å². The summed E-state index contributed by atoms with van der Waals surface area (Å²) in [7, 11) is -3.27. The minimum atomic E-state index is -3.27. The molecule has 0 aliphatic carbocycles. The molecule has 2 saturated heterocycles. The summed E-state index contributed by atoms with van der Waals surface area (Å²) in [5, 5.41) is 0. The average molecular weight is 341 g/mol. The Bertz CT molecular complexity index is 624. The van der Waals surface area contributed by atoms with E-state index in [1.165, 1.54) is 6.07 Å². The Morgan fingerprint density at radius 3 is 2.26 bits per heavy atom. The maximum Gasteiger partial charge on any atom is 0.282 e. The zero-order valence-electron chi connectivity index (χ0n) is 13.3. The first-order valence-corrected chi connectivity index (χ1v) is 9.67. The zero-order chi connectivity index (χ0) is 16.3. The van der Waals surface area contributed by atoms with Crippen LogP contribution >= 0.6 is 0 Å². The molecule has 0 radical (unpaired) electrons. The highest BCUT2D eigenvalue weighted by atomic mass is 32.2. The lowest BCUT2D eigenvalue weighted by Crippen LogP contribution is -2.52. The van der Waals surface area contributed by atoms with E-state index in [9.17, 15) is 12.8 Å². The highest BCUT2D eigenvalue weighted by molar-refractivity contribution is 7.86. The van der Waals surface area contributed by atoms with E-state index in [1.807, 2.05) is 6.07 Å². The van der Waals surface area contributed by atoms with Gasteiger partial charge in [-0.05, 0) is 37.0 Å². The number of benzene rings is 1. The fourth-order valence-corrected chi connectivity index (χ4v) is 4.92. The molecule has 3 rings (SSSR count). The van der Waals surface area contributed by atoms with Gasteiger partial charge < -0.3 is 4.90 Å². The summed E-state index contributed by atoms with van der Waals surface area (Å²) in [4.78, 5) is 2.25. The van der Waals surface area contributed by atoms with Crippen LogP contribution in [0.3, 0.4) is 0 Å². The second-order valence-electron chi connectivity index (χ2n) is 6.23. The van der Waals surface area contributed by atoms with Gasteiger partial charge in [0.1, 0.15) is 5.82 Å². The number of halogens is 1. The zero-order valence-corrected chi connectivity index (χ0v) is 14.1. The van der Waals surface area contributed by atoms with Crippen LogP contribution in [0.2, 0.25) is 0 Å². The van der Waals surface area contributed by atoms with Gasteiger partial charge in [-0.15, -0.1) is 0 Å². The summed E-state index contributed by atoms with van der Waals surface area (Å²) < 4.78 is 41.4. The van der Waals surface area contributed by atoms with Crippen LogP contribution in [0.5, 0.6) is 0 Å². The minimum Gasteiger partial charge on any atom is -0.300 e. The number of hydrogen-bond acceptors (Lipinski definition) is 3. The Morgan fingerprint density at radius 2 is 1.61 bits per heavy atom. The summed E-state index contributed by atoms with van der Waals surface area (Å²) in [6.45, 7) is 4.71. The van der Waals surface area contributed by atoms with E-state index in [0.717, 1.165) is 44.5 Å². The quantitative estimate of drug-likeness (QED) is 0.811. The van der Waals surface area contributed by atoms with Gasteiger partial charge in [0.25, 0.3) is 10.2 Å². The van der Waals surface area contributed by atoms with Crippen molar-refractivity contribution >= 4 is 10.2 Å². The van der Waals surface area contributed by atoms with Gasteiger partial charge in [0, 0.05) is 45.8 Å². The predicted octanol–water partition coefficient (Wildman–Crippen LogP) is 1.33.